The van der Waals surface area contributed by atoms with Crippen molar-refractivity contribution in [2.45, 2.75) is 6.18 Å². The van der Waals surface area contributed by atoms with E-state index in [2.05, 4.69) is 0 Å². The van der Waals surface area contributed by atoms with E-state index in [4.69, 9.17) is 22.1 Å². The summed E-state index contributed by atoms with van der Waals surface area (Å²) in [6.07, 6.45) is -4.45. The number of nitrogens with one attached hydrogen (secondary N) is 1. The molecule has 1 amide bonds. The van der Waals surface area contributed by atoms with Crippen molar-refractivity contribution in [2.75, 3.05) is 18.9 Å². The van der Waals surface area contributed by atoms with Crippen LogP contribution in [0.15, 0.2) is 18.2 Å². The van der Waals surface area contributed by atoms with E-state index in [0.717, 1.165) is 0 Å². The molecule has 0 saturated carbocycles. The van der Waals surface area contributed by atoms with Crippen LogP contribution in [0.25, 0.3) is 0 Å². The summed E-state index contributed by atoms with van der Waals surface area (Å²) >= 11 is 5.64. The number of nitrogens with two attached hydrogens (primary N) is 1. The number of amides is 1. The highest BCUT2D eigenvalue weighted by atomic mass is 35.5. The molecule has 1 aromatic carbocycles. The highest BCUT2D eigenvalue weighted by Crippen LogP contribution is 2.24. The van der Waals surface area contributed by atoms with Gasteiger partial charge in [0, 0.05) is 5.02 Å². The number of ether oxygens (including phenoxy) is 1. The molecule has 3 N–H and O–H groups in total. The summed E-state index contributed by atoms with van der Waals surface area (Å²) in [7, 11) is 0. The average molecular weight is 283 g/mol. The van der Waals surface area contributed by atoms with Crippen molar-refractivity contribution >= 4 is 23.2 Å². The fraction of sp³-hybridized carbons (Fsp3) is 0.300. The maximum absolute atomic E-state index is 11.8. The van der Waals surface area contributed by atoms with Gasteiger partial charge in [0.15, 0.2) is 6.61 Å². The van der Waals surface area contributed by atoms with Gasteiger partial charge in [0.05, 0.1) is 5.69 Å². The summed E-state index contributed by atoms with van der Waals surface area (Å²) in [5, 5.41) is 2.06. The summed E-state index contributed by atoms with van der Waals surface area (Å²) in [6, 6.07) is 4.32. The third kappa shape index (κ3) is 5.13. The van der Waals surface area contributed by atoms with Crippen LogP contribution in [0, 0.1) is 0 Å². The first-order chi connectivity index (χ1) is 8.28. The number of halogens is 4. The molecular weight excluding hydrogens is 273 g/mol. The van der Waals surface area contributed by atoms with Crippen LogP contribution in [0.2, 0.25) is 5.02 Å². The largest absolute Gasteiger partial charge is 0.482 e. The second-order valence-electron chi connectivity index (χ2n) is 3.36. The van der Waals surface area contributed by atoms with Crippen molar-refractivity contribution < 1.29 is 22.7 Å². The standard InChI is InChI=1S/C10H10ClF3N2O2/c11-6-1-2-8(7(15)3-6)18-4-9(17)16-5-10(12,13)14/h1-3H,4-5,15H2,(H,16,17). The van der Waals surface area contributed by atoms with Crippen LogP contribution in [0.5, 0.6) is 5.75 Å². The Balaban J connectivity index is 2.43. The van der Waals surface area contributed by atoms with Crippen molar-refractivity contribution in [3.05, 3.63) is 23.2 Å². The molecule has 0 aromatic heterocycles. The Kier molecular flexibility index (Phi) is 4.66. The number of hydrogen-bond acceptors (Lipinski definition) is 3. The second-order valence-corrected chi connectivity index (χ2v) is 3.80. The van der Waals surface area contributed by atoms with Gasteiger partial charge in [0.1, 0.15) is 12.3 Å². The van der Waals surface area contributed by atoms with Crippen molar-refractivity contribution in [1.29, 1.82) is 0 Å². The van der Waals surface area contributed by atoms with E-state index in [1.165, 1.54) is 18.2 Å². The van der Waals surface area contributed by atoms with E-state index in [9.17, 15) is 18.0 Å². The zero-order valence-electron chi connectivity index (χ0n) is 9.05. The fourth-order valence-electron chi connectivity index (χ4n) is 1.04. The third-order valence-corrected chi connectivity index (χ3v) is 2.05. The van der Waals surface area contributed by atoms with E-state index >= 15 is 0 Å². The number of benzene rings is 1. The fourth-order valence-corrected chi connectivity index (χ4v) is 1.22. The average Bonchev–Trinajstić information content (AvgIpc) is 2.24. The number of nitrogen functional groups attached to an aromatic ring is 1. The molecule has 0 fully saturated rings. The van der Waals surface area contributed by atoms with E-state index in [0.29, 0.717) is 5.02 Å². The lowest BCUT2D eigenvalue weighted by atomic mass is 10.3. The molecule has 0 heterocycles. The van der Waals surface area contributed by atoms with Crippen LogP contribution < -0.4 is 15.8 Å². The Bertz CT molecular complexity index is 438. The number of carbonyl (C=O) groups is 1. The van der Waals surface area contributed by atoms with E-state index in [1.807, 2.05) is 0 Å². The van der Waals surface area contributed by atoms with Gasteiger partial charge in [0.25, 0.3) is 5.91 Å². The third-order valence-electron chi connectivity index (χ3n) is 1.82. The number of rotatable bonds is 4. The van der Waals surface area contributed by atoms with Crippen LogP contribution in [0.3, 0.4) is 0 Å². The maximum Gasteiger partial charge on any atom is 0.405 e. The molecule has 0 unspecified atom stereocenters. The predicted octanol–water partition coefficient (Wildman–Crippen LogP) is 1.98. The van der Waals surface area contributed by atoms with Crippen LogP contribution >= 0.6 is 11.6 Å². The molecule has 0 aliphatic carbocycles. The second kappa shape index (κ2) is 5.81. The van der Waals surface area contributed by atoms with Crippen LogP contribution in [0.4, 0.5) is 18.9 Å². The van der Waals surface area contributed by atoms with Gasteiger partial charge in [-0.05, 0) is 18.2 Å². The van der Waals surface area contributed by atoms with Crippen LogP contribution in [-0.2, 0) is 4.79 Å². The number of alkyl halides is 3. The molecule has 0 saturated heterocycles. The molecule has 100 valence electrons. The van der Waals surface area contributed by atoms with Gasteiger partial charge in [-0.3, -0.25) is 4.79 Å². The lowest BCUT2D eigenvalue weighted by molar-refractivity contribution is -0.139. The first kappa shape index (κ1) is 14.4. The zero-order valence-corrected chi connectivity index (χ0v) is 9.81. The molecule has 1 rings (SSSR count). The summed E-state index contributed by atoms with van der Waals surface area (Å²) in [4.78, 5) is 11.0. The first-order valence-electron chi connectivity index (χ1n) is 4.79. The Morgan fingerprint density at radius 2 is 2.11 bits per heavy atom. The highest BCUT2D eigenvalue weighted by molar-refractivity contribution is 6.30. The van der Waals surface area contributed by atoms with Crippen LogP contribution in [0.1, 0.15) is 0 Å². The van der Waals surface area contributed by atoms with Gasteiger partial charge < -0.3 is 15.8 Å². The van der Waals surface area contributed by atoms with Gasteiger partial charge in [0.2, 0.25) is 0 Å². The van der Waals surface area contributed by atoms with Crippen molar-refractivity contribution in [3.8, 4) is 5.75 Å². The Hall–Kier alpha value is -1.63. The molecule has 0 aliphatic heterocycles. The van der Waals surface area contributed by atoms with Gasteiger partial charge in [-0.15, -0.1) is 0 Å². The maximum atomic E-state index is 11.8. The Morgan fingerprint density at radius 3 is 2.67 bits per heavy atom. The highest BCUT2D eigenvalue weighted by Gasteiger charge is 2.27. The Morgan fingerprint density at radius 1 is 1.44 bits per heavy atom. The van der Waals surface area contributed by atoms with Crippen molar-refractivity contribution in [1.82, 2.24) is 5.32 Å². The molecule has 4 nitrogen and oxygen atoms in total. The minimum Gasteiger partial charge on any atom is -0.482 e. The molecule has 0 spiro atoms. The number of anilines is 1. The molecule has 8 heteroatoms. The monoisotopic (exact) mass is 282 g/mol. The smallest absolute Gasteiger partial charge is 0.405 e. The predicted molar refractivity (Wildman–Crippen MR) is 60.4 cm³/mol. The van der Waals surface area contributed by atoms with Gasteiger partial charge in [-0.25, -0.2) is 0 Å². The topological polar surface area (TPSA) is 64.3 Å². The summed E-state index contributed by atoms with van der Waals surface area (Å²) in [5.74, 6) is -0.705. The van der Waals surface area contributed by atoms with Gasteiger partial charge >= 0.3 is 6.18 Å². The molecule has 0 bridgehead atoms. The normalized spacial score (nSPS) is 11.1. The van der Waals surface area contributed by atoms with Gasteiger partial charge in [-0.2, -0.15) is 13.2 Å². The number of carbonyl (C=O) groups excluding carboxylic acids is 1. The van der Waals surface area contributed by atoms with Crippen LogP contribution in [-0.4, -0.2) is 25.2 Å². The quantitative estimate of drug-likeness (QED) is 0.830. The lowest BCUT2D eigenvalue weighted by Gasteiger charge is -2.10. The van der Waals surface area contributed by atoms with E-state index < -0.39 is 25.2 Å². The zero-order chi connectivity index (χ0) is 13.8. The summed E-state index contributed by atoms with van der Waals surface area (Å²) < 4.78 is 40.3. The molecule has 1 aromatic rings. The van der Waals surface area contributed by atoms with E-state index in [1.54, 1.807) is 5.32 Å². The Labute approximate surface area is 106 Å². The molecule has 18 heavy (non-hydrogen) atoms. The van der Waals surface area contributed by atoms with Crippen molar-refractivity contribution in [3.63, 3.8) is 0 Å². The molecule has 0 radical (unpaired) electrons. The molecule has 0 aliphatic rings. The SMILES string of the molecule is Nc1cc(Cl)ccc1OCC(=O)NCC(F)(F)F. The van der Waals surface area contributed by atoms with Gasteiger partial charge in [-0.1, -0.05) is 11.6 Å². The summed E-state index contributed by atoms with van der Waals surface area (Å²) in [6.45, 7) is -1.95. The number of hydrogen-bond donors (Lipinski definition) is 2. The van der Waals surface area contributed by atoms with E-state index in [-0.39, 0.29) is 11.4 Å². The minimum absolute atomic E-state index is 0.182. The summed E-state index contributed by atoms with van der Waals surface area (Å²) in [5.41, 5.74) is 5.73. The lowest BCUT2D eigenvalue weighted by Crippen LogP contribution is -2.36. The molecule has 0 atom stereocenters. The molecular formula is C10H10ClF3N2O2. The first-order valence-corrected chi connectivity index (χ1v) is 5.17. The minimum atomic E-state index is -4.45. The van der Waals surface area contributed by atoms with Crippen molar-refractivity contribution in [2.24, 2.45) is 0 Å².